The Balaban J connectivity index is 1.37. The summed E-state index contributed by atoms with van der Waals surface area (Å²) in [5.74, 6) is 1.37. The first-order valence-corrected chi connectivity index (χ1v) is 8.67. The number of carbonyl (C=O) groups is 1. The second kappa shape index (κ2) is 6.36. The highest BCUT2D eigenvalue weighted by atomic mass is 16.2. The summed E-state index contributed by atoms with van der Waals surface area (Å²) in [4.78, 5) is 21.1. The van der Waals surface area contributed by atoms with Gasteiger partial charge >= 0.3 is 0 Å². The monoisotopic (exact) mass is 321 g/mol. The molecule has 2 aliphatic rings. The molecular weight excluding hydrogens is 298 g/mol. The van der Waals surface area contributed by atoms with Gasteiger partial charge in [0, 0.05) is 50.7 Å². The number of aryl methyl sites for hydroxylation is 1. The molecule has 4 nitrogen and oxygen atoms in total. The molecule has 0 spiro atoms. The van der Waals surface area contributed by atoms with Gasteiger partial charge in [-0.25, -0.2) is 0 Å². The zero-order valence-corrected chi connectivity index (χ0v) is 14.1. The first-order valence-electron chi connectivity index (χ1n) is 8.67. The molecule has 1 aromatic heterocycles. The molecule has 0 bridgehead atoms. The molecule has 2 atom stereocenters. The van der Waals surface area contributed by atoms with Crippen LogP contribution >= 0.6 is 0 Å². The van der Waals surface area contributed by atoms with E-state index in [9.17, 15) is 4.79 Å². The topological polar surface area (TPSA) is 36.4 Å². The minimum atomic E-state index is 0.150. The number of fused-ring (bicyclic) bond motifs is 1. The number of aromatic nitrogens is 1. The van der Waals surface area contributed by atoms with Crippen LogP contribution in [0.1, 0.15) is 21.5 Å². The van der Waals surface area contributed by atoms with Crippen LogP contribution in [0.4, 0.5) is 0 Å². The number of hydrogen-bond acceptors (Lipinski definition) is 3. The number of carbonyl (C=O) groups excluding carboxylic acids is 1. The standard InChI is InChI=1S/C20H23N3O/c1-15-4-2-3-5-17(15)10-22-11-18-13-23(14-19(18)12-22)20(24)16-6-8-21-9-7-16/h2-9,18-19H,10-14H2,1H3. The highest BCUT2D eigenvalue weighted by Crippen LogP contribution is 2.32. The molecule has 0 radical (unpaired) electrons. The van der Waals surface area contributed by atoms with E-state index in [4.69, 9.17) is 0 Å². The van der Waals surface area contributed by atoms with Crippen molar-refractivity contribution in [2.45, 2.75) is 13.5 Å². The van der Waals surface area contributed by atoms with Gasteiger partial charge in [-0.15, -0.1) is 0 Å². The minimum Gasteiger partial charge on any atom is -0.338 e. The summed E-state index contributed by atoms with van der Waals surface area (Å²) < 4.78 is 0. The average Bonchev–Trinajstić information content (AvgIpc) is 3.15. The number of rotatable bonds is 3. The molecule has 24 heavy (non-hydrogen) atoms. The Bertz CT molecular complexity index is 717. The fraction of sp³-hybridized carbons (Fsp3) is 0.400. The number of pyridine rings is 1. The Morgan fingerprint density at radius 1 is 1.04 bits per heavy atom. The zero-order valence-electron chi connectivity index (χ0n) is 14.1. The highest BCUT2D eigenvalue weighted by Gasteiger charge is 2.41. The predicted octanol–water partition coefficient (Wildman–Crippen LogP) is 2.59. The summed E-state index contributed by atoms with van der Waals surface area (Å²) in [6.07, 6.45) is 3.38. The highest BCUT2D eigenvalue weighted by molar-refractivity contribution is 5.94. The molecule has 2 unspecified atom stereocenters. The number of amides is 1. The van der Waals surface area contributed by atoms with Gasteiger partial charge in [-0.2, -0.15) is 0 Å². The van der Waals surface area contributed by atoms with Gasteiger partial charge in [-0.05, 0) is 42.0 Å². The molecule has 1 aromatic carbocycles. The zero-order chi connectivity index (χ0) is 16.5. The third-order valence-corrected chi connectivity index (χ3v) is 5.43. The van der Waals surface area contributed by atoms with E-state index in [1.165, 1.54) is 11.1 Å². The summed E-state index contributed by atoms with van der Waals surface area (Å²) in [7, 11) is 0. The smallest absolute Gasteiger partial charge is 0.253 e. The van der Waals surface area contributed by atoms with Gasteiger partial charge in [-0.1, -0.05) is 24.3 Å². The van der Waals surface area contributed by atoms with E-state index < -0.39 is 0 Å². The van der Waals surface area contributed by atoms with Crippen LogP contribution in [0.2, 0.25) is 0 Å². The first-order chi connectivity index (χ1) is 11.7. The number of benzene rings is 1. The van der Waals surface area contributed by atoms with E-state index in [1.807, 2.05) is 4.90 Å². The van der Waals surface area contributed by atoms with Gasteiger partial charge in [-0.3, -0.25) is 14.7 Å². The molecule has 2 aliphatic heterocycles. The van der Waals surface area contributed by atoms with E-state index in [0.29, 0.717) is 11.8 Å². The van der Waals surface area contributed by atoms with Crippen LogP contribution in [0.25, 0.3) is 0 Å². The van der Waals surface area contributed by atoms with Crippen molar-refractivity contribution >= 4 is 5.91 Å². The van der Waals surface area contributed by atoms with Crippen LogP contribution in [0, 0.1) is 18.8 Å². The van der Waals surface area contributed by atoms with Crippen LogP contribution in [-0.4, -0.2) is 46.9 Å². The van der Waals surface area contributed by atoms with Gasteiger partial charge < -0.3 is 4.90 Å². The molecule has 2 aromatic rings. The quantitative estimate of drug-likeness (QED) is 0.872. The molecule has 124 valence electrons. The van der Waals surface area contributed by atoms with Crippen molar-refractivity contribution in [1.82, 2.24) is 14.8 Å². The lowest BCUT2D eigenvalue weighted by Gasteiger charge is -2.22. The fourth-order valence-electron chi connectivity index (χ4n) is 4.09. The predicted molar refractivity (Wildman–Crippen MR) is 93.6 cm³/mol. The second-order valence-electron chi connectivity index (χ2n) is 7.09. The van der Waals surface area contributed by atoms with Crippen LogP contribution in [-0.2, 0) is 6.54 Å². The third-order valence-electron chi connectivity index (χ3n) is 5.43. The fourth-order valence-corrected chi connectivity index (χ4v) is 4.09. The van der Waals surface area contributed by atoms with Crippen LogP contribution in [0.15, 0.2) is 48.8 Å². The molecule has 0 N–H and O–H groups in total. The van der Waals surface area contributed by atoms with Gasteiger partial charge in [0.15, 0.2) is 0 Å². The Labute approximate surface area is 143 Å². The first kappa shape index (κ1) is 15.3. The number of likely N-dealkylation sites (tertiary alicyclic amines) is 2. The van der Waals surface area contributed by atoms with Gasteiger partial charge in [0.1, 0.15) is 0 Å². The molecule has 0 saturated carbocycles. The maximum absolute atomic E-state index is 12.6. The maximum atomic E-state index is 12.6. The molecular formula is C20H23N3O. The second-order valence-corrected chi connectivity index (χ2v) is 7.09. The molecule has 4 rings (SSSR count). The van der Waals surface area contributed by atoms with E-state index in [-0.39, 0.29) is 5.91 Å². The van der Waals surface area contributed by atoms with Crippen molar-refractivity contribution in [3.63, 3.8) is 0 Å². The number of nitrogens with zero attached hydrogens (tertiary/aromatic N) is 3. The summed E-state index contributed by atoms with van der Waals surface area (Å²) in [6, 6.07) is 12.2. The van der Waals surface area contributed by atoms with Crippen molar-refractivity contribution in [1.29, 1.82) is 0 Å². The lowest BCUT2D eigenvalue weighted by atomic mass is 10.0. The van der Waals surface area contributed by atoms with Crippen LogP contribution in [0.3, 0.4) is 0 Å². The minimum absolute atomic E-state index is 0.150. The van der Waals surface area contributed by atoms with Crippen molar-refractivity contribution in [2.24, 2.45) is 11.8 Å². The van der Waals surface area contributed by atoms with Crippen molar-refractivity contribution in [3.05, 3.63) is 65.5 Å². The summed E-state index contributed by atoms with van der Waals surface area (Å²) in [5, 5.41) is 0. The van der Waals surface area contributed by atoms with Gasteiger partial charge in [0.25, 0.3) is 5.91 Å². The lowest BCUT2D eigenvalue weighted by molar-refractivity contribution is 0.0773. The Hall–Kier alpha value is -2.20. The Kier molecular flexibility index (Phi) is 4.07. The van der Waals surface area contributed by atoms with Crippen molar-refractivity contribution in [2.75, 3.05) is 26.2 Å². The van der Waals surface area contributed by atoms with Gasteiger partial charge in [0.05, 0.1) is 0 Å². The molecule has 2 fully saturated rings. The van der Waals surface area contributed by atoms with E-state index in [2.05, 4.69) is 41.1 Å². The third kappa shape index (κ3) is 2.94. The molecule has 2 saturated heterocycles. The van der Waals surface area contributed by atoms with Crippen LogP contribution in [0.5, 0.6) is 0 Å². The van der Waals surface area contributed by atoms with Crippen molar-refractivity contribution in [3.8, 4) is 0 Å². The van der Waals surface area contributed by atoms with Gasteiger partial charge in [0.2, 0.25) is 0 Å². The molecule has 0 aliphatic carbocycles. The molecule has 1 amide bonds. The Morgan fingerprint density at radius 3 is 2.38 bits per heavy atom. The van der Waals surface area contributed by atoms with E-state index in [0.717, 1.165) is 38.3 Å². The van der Waals surface area contributed by atoms with Crippen LogP contribution < -0.4 is 0 Å². The summed E-state index contributed by atoms with van der Waals surface area (Å²) >= 11 is 0. The summed E-state index contributed by atoms with van der Waals surface area (Å²) in [6.45, 7) is 7.17. The van der Waals surface area contributed by atoms with Crippen molar-refractivity contribution < 1.29 is 4.79 Å². The SMILES string of the molecule is Cc1ccccc1CN1CC2CN(C(=O)c3ccncc3)CC2C1. The van der Waals surface area contributed by atoms with E-state index >= 15 is 0 Å². The largest absolute Gasteiger partial charge is 0.338 e. The molecule has 3 heterocycles. The normalized spacial score (nSPS) is 23.5. The maximum Gasteiger partial charge on any atom is 0.253 e. The number of hydrogen-bond donors (Lipinski definition) is 0. The average molecular weight is 321 g/mol. The molecule has 4 heteroatoms. The van der Waals surface area contributed by atoms with E-state index in [1.54, 1.807) is 24.5 Å². The summed E-state index contributed by atoms with van der Waals surface area (Å²) in [5.41, 5.74) is 3.54. The lowest BCUT2D eigenvalue weighted by Crippen LogP contribution is -2.33. The Morgan fingerprint density at radius 2 is 1.71 bits per heavy atom.